The van der Waals surface area contributed by atoms with E-state index >= 15 is 0 Å². The molecule has 0 atom stereocenters. The van der Waals surface area contributed by atoms with Crippen LogP contribution in [0.1, 0.15) is 5.82 Å². The average Bonchev–Trinajstić information content (AvgIpc) is 2.43. The zero-order valence-corrected chi connectivity index (χ0v) is 10.8. The van der Waals surface area contributed by atoms with Gasteiger partial charge in [0, 0.05) is 0 Å². The van der Waals surface area contributed by atoms with Crippen LogP contribution in [0.15, 0.2) is 30.3 Å². The van der Waals surface area contributed by atoms with Crippen LogP contribution in [0.3, 0.4) is 0 Å². The van der Waals surface area contributed by atoms with Crippen molar-refractivity contribution in [3.8, 4) is 5.75 Å². The summed E-state index contributed by atoms with van der Waals surface area (Å²) in [5.74, 6) is -1.41. The van der Waals surface area contributed by atoms with Gasteiger partial charge < -0.3 is 15.8 Å². The first kappa shape index (κ1) is 14.8. The number of alkyl halides is 3. The summed E-state index contributed by atoms with van der Waals surface area (Å²) in [7, 11) is 0. The van der Waals surface area contributed by atoms with Crippen molar-refractivity contribution in [2.75, 3.05) is 24.2 Å². The Balaban J connectivity index is 1.90. The number of ether oxygens (including phenoxy) is 1. The summed E-state index contributed by atoms with van der Waals surface area (Å²) in [6, 6.07) is 9.00. The first-order valence-electron chi connectivity index (χ1n) is 5.95. The zero-order chi connectivity index (χ0) is 15.3. The molecule has 112 valence electrons. The molecule has 0 amide bonds. The van der Waals surface area contributed by atoms with E-state index in [9.17, 15) is 13.2 Å². The molecule has 0 radical (unpaired) electrons. The van der Waals surface area contributed by atoms with Crippen LogP contribution in [0.4, 0.5) is 25.1 Å². The van der Waals surface area contributed by atoms with E-state index in [0.29, 0.717) is 5.75 Å². The predicted octanol–water partition coefficient (Wildman–Crippen LogP) is 1.96. The van der Waals surface area contributed by atoms with Gasteiger partial charge in [0.05, 0.1) is 6.54 Å². The van der Waals surface area contributed by atoms with Crippen molar-refractivity contribution in [2.45, 2.75) is 6.18 Å². The molecule has 0 aliphatic heterocycles. The van der Waals surface area contributed by atoms with Crippen molar-refractivity contribution in [2.24, 2.45) is 0 Å². The molecular formula is C12H12F3N5O. The number of nitrogens with one attached hydrogen (secondary N) is 1. The predicted molar refractivity (Wildman–Crippen MR) is 69.7 cm³/mol. The minimum Gasteiger partial charge on any atom is -0.492 e. The van der Waals surface area contributed by atoms with Crippen LogP contribution in [0.2, 0.25) is 0 Å². The second-order valence-electron chi connectivity index (χ2n) is 3.93. The van der Waals surface area contributed by atoms with Crippen LogP contribution in [0.5, 0.6) is 5.75 Å². The van der Waals surface area contributed by atoms with Crippen molar-refractivity contribution in [1.82, 2.24) is 15.0 Å². The standard InChI is InChI=1S/C12H12F3N5O/c13-12(14,15)9-18-10(16)20-11(19-9)17-6-7-21-8-4-2-1-3-5-8/h1-5H,6-7H2,(H3,16,17,18,19,20). The first-order chi connectivity index (χ1) is 9.95. The Morgan fingerprint density at radius 3 is 2.48 bits per heavy atom. The molecule has 0 spiro atoms. The van der Waals surface area contributed by atoms with Crippen molar-refractivity contribution >= 4 is 11.9 Å². The number of nitrogens with zero attached hydrogens (tertiary/aromatic N) is 3. The number of hydrogen-bond donors (Lipinski definition) is 2. The molecule has 1 heterocycles. The minimum absolute atomic E-state index is 0.218. The third-order valence-corrected chi connectivity index (χ3v) is 2.30. The Morgan fingerprint density at radius 1 is 1.10 bits per heavy atom. The quantitative estimate of drug-likeness (QED) is 0.821. The highest BCUT2D eigenvalue weighted by Gasteiger charge is 2.35. The number of hydrogen-bond acceptors (Lipinski definition) is 6. The summed E-state index contributed by atoms with van der Waals surface area (Å²) in [5.41, 5.74) is 5.22. The second-order valence-corrected chi connectivity index (χ2v) is 3.93. The average molecular weight is 299 g/mol. The highest BCUT2D eigenvalue weighted by molar-refractivity contribution is 5.31. The molecule has 0 fully saturated rings. The van der Waals surface area contributed by atoms with Gasteiger partial charge in [-0.3, -0.25) is 0 Å². The van der Waals surface area contributed by atoms with E-state index < -0.39 is 17.9 Å². The van der Waals surface area contributed by atoms with Gasteiger partial charge in [0.25, 0.3) is 0 Å². The molecule has 9 heteroatoms. The summed E-state index contributed by atoms with van der Waals surface area (Å²) in [6.07, 6.45) is -4.67. The monoisotopic (exact) mass is 299 g/mol. The van der Waals surface area contributed by atoms with Gasteiger partial charge in [-0.25, -0.2) is 0 Å². The Morgan fingerprint density at radius 2 is 1.81 bits per heavy atom. The van der Waals surface area contributed by atoms with Gasteiger partial charge in [-0.2, -0.15) is 28.1 Å². The van der Waals surface area contributed by atoms with E-state index in [1.165, 1.54) is 0 Å². The molecule has 2 rings (SSSR count). The molecule has 0 aliphatic rings. The summed E-state index contributed by atoms with van der Waals surface area (Å²) >= 11 is 0. The molecule has 0 saturated carbocycles. The zero-order valence-electron chi connectivity index (χ0n) is 10.8. The Labute approximate surface area is 118 Å². The van der Waals surface area contributed by atoms with Crippen LogP contribution in [0, 0.1) is 0 Å². The van der Waals surface area contributed by atoms with Crippen molar-refractivity contribution < 1.29 is 17.9 Å². The van der Waals surface area contributed by atoms with Gasteiger partial charge in [-0.1, -0.05) is 18.2 Å². The Kier molecular flexibility index (Phi) is 4.41. The summed E-state index contributed by atoms with van der Waals surface area (Å²) < 4.78 is 42.9. The fourth-order valence-electron chi connectivity index (χ4n) is 1.45. The number of rotatable bonds is 5. The second kappa shape index (κ2) is 6.25. The van der Waals surface area contributed by atoms with E-state index in [1.807, 2.05) is 18.2 Å². The maximum atomic E-state index is 12.5. The van der Waals surface area contributed by atoms with E-state index in [1.54, 1.807) is 12.1 Å². The number of aromatic nitrogens is 3. The van der Waals surface area contributed by atoms with Crippen LogP contribution >= 0.6 is 0 Å². The van der Waals surface area contributed by atoms with Gasteiger partial charge in [0.1, 0.15) is 12.4 Å². The molecule has 0 aliphatic carbocycles. The minimum atomic E-state index is -4.67. The van der Waals surface area contributed by atoms with Gasteiger partial charge in [-0.15, -0.1) is 0 Å². The van der Waals surface area contributed by atoms with Gasteiger partial charge in [0.2, 0.25) is 17.7 Å². The molecule has 0 unspecified atom stereocenters. The fourth-order valence-corrected chi connectivity index (χ4v) is 1.45. The van der Waals surface area contributed by atoms with Gasteiger partial charge in [0.15, 0.2) is 0 Å². The highest BCUT2D eigenvalue weighted by atomic mass is 19.4. The molecule has 2 aromatic rings. The lowest BCUT2D eigenvalue weighted by molar-refractivity contribution is -0.144. The lowest BCUT2D eigenvalue weighted by atomic mass is 10.3. The summed E-state index contributed by atoms with van der Waals surface area (Å²) in [6.45, 7) is 0.451. The number of para-hydroxylation sites is 1. The van der Waals surface area contributed by atoms with E-state index in [0.717, 1.165) is 0 Å². The smallest absolute Gasteiger partial charge is 0.451 e. The number of nitrogen functional groups attached to an aromatic ring is 1. The highest BCUT2D eigenvalue weighted by Crippen LogP contribution is 2.26. The third kappa shape index (κ3) is 4.48. The van der Waals surface area contributed by atoms with Crippen molar-refractivity contribution in [3.63, 3.8) is 0 Å². The first-order valence-corrected chi connectivity index (χ1v) is 5.95. The summed E-state index contributed by atoms with van der Waals surface area (Å²) in [5, 5.41) is 2.60. The van der Waals surface area contributed by atoms with Crippen LogP contribution in [-0.2, 0) is 6.18 Å². The molecule has 1 aromatic heterocycles. The number of nitrogens with two attached hydrogens (primary N) is 1. The topological polar surface area (TPSA) is 86.0 Å². The van der Waals surface area contributed by atoms with Crippen molar-refractivity contribution in [3.05, 3.63) is 36.2 Å². The maximum absolute atomic E-state index is 12.5. The fraction of sp³-hybridized carbons (Fsp3) is 0.250. The van der Waals surface area contributed by atoms with Crippen LogP contribution < -0.4 is 15.8 Å². The van der Waals surface area contributed by atoms with Gasteiger partial charge in [-0.05, 0) is 12.1 Å². The maximum Gasteiger partial charge on any atom is 0.451 e. The Hall–Kier alpha value is -2.58. The normalized spacial score (nSPS) is 11.2. The number of anilines is 2. The third-order valence-electron chi connectivity index (χ3n) is 2.30. The molecule has 0 saturated heterocycles. The largest absolute Gasteiger partial charge is 0.492 e. The Bertz CT molecular complexity index is 591. The lowest BCUT2D eigenvalue weighted by Crippen LogP contribution is -2.18. The lowest BCUT2D eigenvalue weighted by Gasteiger charge is -2.09. The van der Waals surface area contributed by atoms with E-state index in [4.69, 9.17) is 10.5 Å². The molecular weight excluding hydrogens is 287 g/mol. The van der Waals surface area contributed by atoms with E-state index in [-0.39, 0.29) is 19.1 Å². The number of halogens is 3. The van der Waals surface area contributed by atoms with Gasteiger partial charge >= 0.3 is 6.18 Å². The summed E-state index contributed by atoms with van der Waals surface area (Å²) in [4.78, 5) is 9.88. The van der Waals surface area contributed by atoms with Crippen molar-refractivity contribution in [1.29, 1.82) is 0 Å². The molecule has 3 N–H and O–H groups in total. The molecule has 0 bridgehead atoms. The SMILES string of the molecule is Nc1nc(NCCOc2ccccc2)nc(C(F)(F)F)n1. The van der Waals surface area contributed by atoms with E-state index in [2.05, 4.69) is 20.3 Å². The number of benzene rings is 1. The molecule has 21 heavy (non-hydrogen) atoms. The molecule has 1 aromatic carbocycles. The van der Waals surface area contributed by atoms with Crippen LogP contribution in [-0.4, -0.2) is 28.1 Å². The van der Waals surface area contributed by atoms with Crippen LogP contribution in [0.25, 0.3) is 0 Å². The molecule has 6 nitrogen and oxygen atoms in total.